The minimum Gasteiger partial charge on any atom is -0.484 e. The quantitative estimate of drug-likeness (QED) is 0.853. The summed E-state index contributed by atoms with van der Waals surface area (Å²) < 4.78 is 6.29. The molecule has 1 amide bonds. The van der Waals surface area contributed by atoms with Crippen LogP contribution in [0.2, 0.25) is 0 Å². The van der Waals surface area contributed by atoms with E-state index < -0.39 is 0 Å². The zero-order valence-corrected chi connectivity index (χ0v) is 11.8. The SMILES string of the molecule is O=C(COc1cccc(Br)c1)NCCc1ncc[nH]1. The second kappa shape index (κ2) is 6.94. The molecule has 2 N–H and O–H groups in total. The Morgan fingerprint density at radius 2 is 2.37 bits per heavy atom. The number of benzene rings is 1. The van der Waals surface area contributed by atoms with Gasteiger partial charge in [0.05, 0.1) is 0 Å². The summed E-state index contributed by atoms with van der Waals surface area (Å²) in [4.78, 5) is 18.6. The first-order valence-corrected chi connectivity index (χ1v) is 6.66. The number of nitrogens with zero attached hydrogens (tertiary/aromatic N) is 1. The van der Waals surface area contributed by atoms with E-state index in [9.17, 15) is 4.79 Å². The largest absolute Gasteiger partial charge is 0.484 e. The highest BCUT2D eigenvalue weighted by Gasteiger charge is 2.03. The predicted octanol–water partition coefficient (Wildman–Crippen LogP) is 1.91. The van der Waals surface area contributed by atoms with Crippen molar-refractivity contribution < 1.29 is 9.53 Å². The van der Waals surface area contributed by atoms with Gasteiger partial charge in [0.2, 0.25) is 0 Å². The molecule has 1 heterocycles. The van der Waals surface area contributed by atoms with Crippen LogP contribution < -0.4 is 10.1 Å². The van der Waals surface area contributed by atoms with Crippen LogP contribution in [-0.2, 0) is 11.2 Å². The summed E-state index contributed by atoms with van der Waals surface area (Å²) >= 11 is 3.34. The maximum atomic E-state index is 11.6. The van der Waals surface area contributed by atoms with E-state index in [1.165, 1.54) is 0 Å². The Balaban J connectivity index is 1.67. The van der Waals surface area contributed by atoms with Crippen molar-refractivity contribution >= 4 is 21.8 Å². The summed E-state index contributed by atoms with van der Waals surface area (Å²) in [6.45, 7) is 0.544. The molecule has 2 rings (SSSR count). The Morgan fingerprint density at radius 3 is 3.11 bits per heavy atom. The van der Waals surface area contributed by atoms with Gasteiger partial charge in [0, 0.05) is 29.8 Å². The van der Waals surface area contributed by atoms with Crippen LogP contribution in [0.4, 0.5) is 0 Å². The van der Waals surface area contributed by atoms with Gasteiger partial charge in [0.15, 0.2) is 6.61 Å². The fourth-order valence-electron chi connectivity index (χ4n) is 1.51. The summed E-state index contributed by atoms with van der Waals surface area (Å²) in [6.07, 6.45) is 4.12. The average molecular weight is 324 g/mol. The van der Waals surface area contributed by atoms with E-state index >= 15 is 0 Å². The average Bonchev–Trinajstić information content (AvgIpc) is 2.90. The molecule has 19 heavy (non-hydrogen) atoms. The number of hydrogen-bond acceptors (Lipinski definition) is 3. The number of carbonyl (C=O) groups excluding carboxylic acids is 1. The van der Waals surface area contributed by atoms with Gasteiger partial charge in [0.25, 0.3) is 5.91 Å². The number of H-pyrrole nitrogens is 1. The van der Waals surface area contributed by atoms with Crippen molar-refractivity contribution in [1.82, 2.24) is 15.3 Å². The van der Waals surface area contributed by atoms with Gasteiger partial charge >= 0.3 is 0 Å². The second-order valence-electron chi connectivity index (χ2n) is 3.88. The lowest BCUT2D eigenvalue weighted by atomic mass is 10.3. The van der Waals surface area contributed by atoms with Gasteiger partial charge in [-0.05, 0) is 18.2 Å². The predicted molar refractivity (Wildman–Crippen MR) is 74.9 cm³/mol. The molecule has 0 fully saturated rings. The lowest BCUT2D eigenvalue weighted by Crippen LogP contribution is -2.30. The van der Waals surface area contributed by atoms with Crippen molar-refractivity contribution in [2.45, 2.75) is 6.42 Å². The smallest absolute Gasteiger partial charge is 0.257 e. The van der Waals surface area contributed by atoms with Crippen LogP contribution >= 0.6 is 15.9 Å². The van der Waals surface area contributed by atoms with E-state index in [1.54, 1.807) is 18.5 Å². The number of aromatic amines is 1. The van der Waals surface area contributed by atoms with Gasteiger partial charge in [-0.1, -0.05) is 22.0 Å². The number of rotatable bonds is 6. The lowest BCUT2D eigenvalue weighted by Gasteiger charge is -2.07. The van der Waals surface area contributed by atoms with Crippen LogP contribution in [0.1, 0.15) is 5.82 Å². The zero-order valence-electron chi connectivity index (χ0n) is 10.2. The molecule has 0 aliphatic heterocycles. The first-order valence-electron chi connectivity index (χ1n) is 5.87. The van der Waals surface area contributed by atoms with E-state index in [4.69, 9.17) is 4.74 Å². The Morgan fingerprint density at radius 1 is 1.47 bits per heavy atom. The maximum absolute atomic E-state index is 11.6. The molecular formula is C13H14BrN3O2. The third-order valence-electron chi connectivity index (χ3n) is 2.40. The summed E-state index contributed by atoms with van der Waals surface area (Å²) in [5, 5.41) is 2.77. The van der Waals surface area contributed by atoms with Crippen LogP contribution in [0, 0.1) is 0 Å². The number of nitrogens with one attached hydrogen (secondary N) is 2. The van der Waals surface area contributed by atoms with E-state index in [0.717, 1.165) is 10.3 Å². The zero-order chi connectivity index (χ0) is 13.5. The highest BCUT2D eigenvalue weighted by Crippen LogP contribution is 2.17. The van der Waals surface area contributed by atoms with Gasteiger partial charge < -0.3 is 15.0 Å². The molecule has 6 heteroatoms. The van der Waals surface area contributed by atoms with Crippen molar-refractivity contribution in [3.8, 4) is 5.75 Å². The Hall–Kier alpha value is -1.82. The molecule has 2 aromatic rings. The molecular weight excluding hydrogens is 310 g/mol. The molecule has 1 aromatic carbocycles. The highest BCUT2D eigenvalue weighted by molar-refractivity contribution is 9.10. The van der Waals surface area contributed by atoms with Gasteiger partial charge in [-0.25, -0.2) is 4.98 Å². The number of imidazole rings is 1. The third-order valence-corrected chi connectivity index (χ3v) is 2.90. The standard InChI is InChI=1S/C13H14BrN3O2/c14-10-2-1-3-11(8-10)19-9-13(18)17-5-4-12-15-6-7-16-12/h1-3,6-8H,4-5,9H2,(H,15,16)(H,17,18). The highest BCUT2D eigenvalue weighted by atomic mass is 79.9. The first kappa shape index (κ1) is 13.6. The van der Waals surface area contributed by atoms with Gasteiger partial charge in [-0.3, -0.25) is 4.79 Å². The van der Waals surface area contributed by atoms with Crippen molar-refractivity contribution in [1.29, 1.82) is 0 Å². The van der Waals surface area contributed by atoms with Crippen LogP contribution in [-0.4, -0.2) is 29.0 Å². The summed E-state index contributed by atoms with van der Waals surface area (Å²) in [6, 6.07) is 7.38. The van der Waals surface area contributed by atoms with Crippen LogP contribution in [0.15, 0.2) is 41.1 Å². The molecule has 0 spiro atoms. The monoisotopic (exact) mass is 323 g/mol. The van der Waals surface area contributed by atoms with Gasteiger partial charge in [-0.15, -0.1) is 0 Å². The number of ether oxygens (including phenoxy) is 1. The Kier molecular flexibility index (Phi) is 4.97. The normalized spacial score (nSPS) is 10.2. The molecule has 0 saturated heterocycles. The first-order chi connectivity index (χ1) is 9.24. The lowest BCUT2D eigenvalue weighted by molar-refractivity contribution is -0.123. The molecule has 0 bridgehead atoms. The number of hydrogen-bond donors (Lipinski definition) is 2. The van der Waals surface area contributed by atoms with Gasteiger partial charge in [0.1, 0.15) is 11.6 Å². The van der Waals surface area contributed by atoms with E-state index in [-0.39, 0.29) is 12.5 Å². The minimum absolute atomic E-state index is 0.00854. The van der Waals surface area contributed by atoms with Crippen LogP contribution in [0.25, 0.3) is 0 Å². The summed E-state index contributed by atoms with van der Waals surface area (Å²) in [5.74, 6) is 1.37. The number of halogens is 1. The molecule has 0 saturated carbocycles. The molecule has 1 aromatic heterocycles. The fraction of sp³-hybridized carbons (Fsp3) is 0.231. The minimum atomic E-state index is -0.147. The van der Waals surface area contributed by atoms with E-state index in [1.807, 2.05) is 18.2 Å². The van der Waals surface area contributed by atoms with Crippen LogP contribution in [0.5, 0.6) is 5.75 Å². The fourth-order valence-corrected chi connectivity index (χ4v) is 1.89. The maximum Gasteiger partial charge on any atom is 0.257 e. The Labute approximate surface area is 119 Å². The Bertz CT molecular complexity index is 528. The molecule has 0 atom stereocenters. The molecule has 0 aliphatic rings. The van der Waals surface area contributed by atoms with Crippen molar-refractivity contribution in [3.63, 3.8) is 0 Å². The van der Waals surface area contributed by atoms with E-state index in [0.29, 0.717) is 18.7 Å². The third kappa shape index (κ3) is 4.75. The van der Waals surface area contributed by atoms with Gasteiger partial charge in [-0.2, -0.15) is 0 Å². The van der Waals surface area contributed by atoms with Crippen molar-refractivity contribution in [2.24, 2.45) is 0 Å². The number of carbonyl (C=O) groups is 1. The van der Waals surface area contributed by atoms with Crippen LogP contribution in [0.3, 0.4) is 0 Å². The molecule has 0 aliphatic carbocycles. The summed E-state index contributed by atoms with van der Waals surface area (Å²) in [5.41, 5.74) is 0. The number of amides is 1. The molecule has 5 nitrogen and oxygen atoms in total. The van der Waals surface area contributed by atoms with Crippen molar-refractivity contribution in [3.05, 3.63) is 47.0 Å². The molecule has 100 valence electrons. The molecule has 0 unspecified atom stereocenters. The van der Waals surface area contributed by atoms with E-state index in [2.05, 4.69) is 31.2 Å². The van der Waals surface area contributed by atoms with Crippen molar-refractivity contribution in [2.75, 3.05) is 13.2 Å². The second-order valence-corrected chi connectivity index (χ2v) is 4.80. The topological polar surface area (TPSA) is 67.0 Å². The number of aromatic nitrogens is 2. The summed E-state index contributed by atoms with van der Waals surface area (Å²) in [7, 11) is 0. The molecule has 0 radical (unpaired) electrons.